The van der Waals surface area contributed by atoms with Gasteiger partial charge in [0.05, 0.1) is 6.04 Å². The maximum Gasteiger partial charge on any atom is 0.223 e. The zero-order valence-electron chi connectivity index (χ0n) is 13.1. The second-order valence-corrected chi connectivity index (χ2v) is 7.24. The van der Waals surface area contributed by atoms with Gasteiger partial charge in [0.1, 0.15) is 0 Å². The largest absolute Gasteiger partial charge is 0.342 e. The summed E-state index contributed by atoms with van der Waals surface area (Å²) in [6.45, 7) is 4.34. The quantitative estimate of drug-likeness (QED) is 0.788. The van der Waals surface area contributed by atoms with Crippen LogP contribution in [0.2, 0.25) is 0 Å². The summed E-state index contributed by atoms with van der Waals surface area (Å²) in [5.41, 5.74) is 4.67. The molecule has 22 heavy (non-hydrogen) atoms. The predicted octanol–water partition coefficient (Wildman–Crippen LogP) is 3.66. The van der Waals surface area contributed by atoms with E-state index in [0.29, 0.717) is 17.4 Å². The van der Waals surface area contributed by atoms with Crippen LogP contribution < -0.4 is 0 Å². The molecular weight excluding hydrogens is 272 g/mol. The first-order chi connectivity index (χ1) is 10.7. The summed E-state index contributed by atoms with van der Waals surface area (Å²) in [5.74, 6) is 0.374. The number of amides is 1. The van der Waals surface area contributed by atoms with E-state index in [1.165, 1.54) is 35.0 Å². The summed E-state index contributed by atoms with van der Waals surface area (Å²) < 4.78 is 2.52. The third kappa shape index (κ3) is 1.35. The number of aromatic nitrogens is 1. The third-order valence-corrected chi connectivity index (χ3v) is 6.57. The summed E-state index contributed by atoms with van der Waals surface area (Å²) in [6, 6.07) is 9.13. The molecule has 3 nitrogen and oxygen atoms in total. The van der Waals surface area contributed by atoms with Crippen molar-refractivity contribution in [2.75, 3.05) is 6.54 Å². The Labute approximate surface area is 130 Å². The van der Waals surface area contributed by atoms with Gasteiger partial charge in [-0.2, -0.15) is 0 Å². The lowest BCUT2D eigenvalue weighted by Gasteiger charge is -2.54. The summed E-state index contributed by atoms with van der Waals surface area (Å²) in [7, 11) is 0. The molecule has 0 unspecified atom stereocenters. The van der Waals surface area contributed by atoms with Gasteiger partial charge in [0.25, 0.3) is 0 Å². The predicted molar refractivity (Wildman–Crippen MR) is 86.7 cm³/mol. The van der Waals surface area contributed by atoms with Gasteiger partial charge >= 0.3 is 0 Å². The van der Waals surface area contributed by atoms with Gasteiger partial charge in [0, 0.05) is 36.1 Å². The number of aryl methyl sites for hydroxylation is 1. The van der Waals surface area contributed by atoms with Gasteiger partial charge in [0.2, 0.25) is 5.91 Å². The second-order valence-electron chi connectivity index (χ2n) is 7.24. The molecule has 0 radical (unpaired) electrons. The first kappa shape index (κ1) is 12.7. The lowest BCUT2D eigenvalue weighted by Crippen LogP contribution is -2.54. The van der Waals surface area contributed by atoms with Crippen molar-refractivity contribution < 1.29 is 4.79 Å². The van der Waals surface area contributed by atoms with E-state index in [1.807, 2.05) is 0 Å². The molecule has 114 valence electrons. The van der Waals surface area contributed by atoms with E-state index in [9.17, 15) is 4.79 Å². The van der Waals surface area contributed by atoms with E-state index in [4.69, 9.17) is 0 Å². The van der Waals surface area contributed by atoms with Crippen molar-refractivity contribution in [1.29, 1.82) is 0 Å². The molecule has 3 heteroatoms. The topological polar surface area (TPSA) is 25.2 Å². The second kappa shape index (κ2) is 4.15. The third-order valence-electron chi connectivity index (χ3n) is 6.57. The molecule has 0 saturated carbocycles. The Hall–Kier alpha value is -1.77. The van der Waals surface area contributed by atoms with Crippen molar-refractivity contribution in [3.63, 3.8) is 0 Å². The number of benzene rings is 1. The highest BCUT2D eigenvalue weighted by atomic mass is 16.2. The zero-order chi connectivity index (χ0) is 14.9. The molecule has 3 aliphatic heterocycles. The van der Waals surface area contributed by atoms with Crippen LogP contribution in [0.15, 0.2) is 24.3 Å². The fourth-order valence-electron chi connectivity index (χ4n) is 5.39. The lowest BCUT2D eigenvalue weighted by atomic mass is 9.64. The van der Waals surface area contributed by atoms with Crippen LogP contribution >= 0.6 is 0 Å². The molecule has 4 heterocycles. The molecule has 0 bridgehead atoms. The normalized spacial score (nSPS) is 29.8. The highest BCUT2D eigenvalue weighted by Gasteiger charge is 2.52. The summed E-state index contributed by atoms with van der Waals surface area (Å²) >= 11 is 0. The minimum absolute atomic E-state index is 0.313. The van der Waals surface area contributed by atoms with Crippen LogP contribution in [0.25, 0.3) is 10.9 Å². The maximum absolute atomic E-state index is 12.5. The van der Waals surface area contributed by atoms with E-state index in [-0.39, 0.29) is 0 Å². The Morgan fingerprint density at radius 1 is 1.18 bits per heavy atom. The van der Waals surface area contributed by atoms with Gasteiger partial charge in [-0.25, -0.2) is 0 Å². The summed E-state index contributed by atoms with van der Waals surface area (Å²) in [6.07, 6.45) is 5.24. The molecule has 0 N–H and O–H groups in total. The van der Waals surface area contributed by atoms with Crippen molar-refractivity contribution in [3.05, 3.63) is 35.5 Å². The molecule has 1 fully saturated rings. The monoisotopic (exact) mass is 294 g/mol. The van der Waals surface area contributed by atoms with Crippen LogP contribution in [0.1, 0.15) is 49.9 Å². The van der Waals surface area contributed by atoms with Crippen LogP contribution in [0.5, 0.6) is 0 Å². The molecule has 5 rings (SSSR count). The van der Waals surface area contributed by atoms with Crippen LogP contribution in [0, 0.1) is 5.41 Å². The Kier molecular flexibility index (Phi) is 2.41. The average Bonchev–Trinajstić information content (AvgIpc) is 2.90. The van der Waals surface area contributed by atoms with Crippen molar-refractivity contribution in [1.82, 2.24) is 9.47 Å². The Bertz CT molecular complexity index is 757. The van der Waals surface area contributed by atoms with E-state index < -0.39 is 0 Å². The van der Waals surface area contributed by atoms with Crippen LogP contribution in [-0.2, 0) is 17.8 Å². The fourth-order valence-corrected chi connectivity index (χ4v) is 5.39. The minimum atomic E-state index is 0.313. The van der Waals surface area contributed by atoms with Crippen LogP contribution in [-0.4, -0.2) is 21.9 Å². The number of para-hydroxylation sites is 1. The van der Waals surface area contributed by atoms with E-state index in [0.717, 1.165) is 32.4 Å². The van der Waals surface area contributed by atoms with Gasteiger partial charge in [-0.15, -0.1) is 0 Å². The van der Waals surface area contributed by atoms with Crippen molar-refractivity contribution in [2.45, 2.75) is 51.6 Å². The zero-order valence-corrected chi connectivity index (χ0v) is 13.1. The van der Waals surface area contributed by atoms with Crippen molar-refractivity contribution >= 4 is 16.8 Å². The van der Waals surface area contributed by atoms with E-state index in [1.54, 1.807) is 0 Å². The number of hydrogen-bond donors (Lipinski definition) is 0. The molecule has 0 spiro atoms. The highest BCUT2D eigenvalue weighted by Crippen LogP contribution is 2.57. The standard InChI is InChI=1S/C19H22N2O/c1-2-19-9-7-16(22)21-11-8-14-13-5-3-4-6-15(13)20(12-10-19)17(14)18(19)21/h3-6,18H,2,7-12H2,1H3/t18-,19-/m1/s1. The van der Waals surface area contributed by atoms with E-state index in [2.05, 4.69) is 40.7 Å². The molecule has 3 aliphatic rings. The molecule has 1 aromatic carbocycles. The fraction of sp³-hybridized carbons (Fsp3) is 0.526. The van der Waals surface area contributed by atoms with Gasteiger partial charge in [-0.3, -0.25) is 4.79 Å². The van der Waals surface area contributed by atoms with Gasteiger partial charge in [0.15, 0.2) is 0 Å². The molecular formula is C19H22N2O. The number of rotatable bonds is 1. The SMILES string of the molecule is CC[C@@]12CCC(=O)N3CCc4c(n(c5ccccc45)CC1)[C@@H]32. The van der Waals surface area contributed by atoms with Gasteiger partial charge in [-0.1, -0.05) is 25.1 Å². The number of piperidine rings is 1. The lowest BCUT2D eigenvalue weighted by molar-refractivity contribution is -0.147. The molecule has 1 amide bonds. The number of hydrogen-bond acceptors (Lipinski definition) is 1. The summed E-state index contributed by atoms with van der Waals surface area (Å²) in [5, 5.41) is 1.42. The first-order valence-corrected chi connectivity index (χ1v) is 8.65. The Morgan fingerprint density at radius 2 is 2.05 bits per heavy atom. The molecule has 2 atom stereocenters. The number of nitrogens with zero attached hydrogens (tertiary/aromatic N) is 2. The number of carbonyl (C=O) groups is 1. The first-order valence-electron chi connectivity index (χ1n) is 8.65. The van der Waals surface area contributed by atoms with Crippen molar-refractivity contribution in [3.8, 4) is 0 Å². The maximum atomic E-state index is 12.5. The molecule has 1 aromatic heterocycles. The summed E-state index contributed by atoms with van der Waals surface area (Å²) in [4.78, 5) is 14.7. The van der Waals surface area contributed by atoms with Crippen LogP contribution in [0.3, 0.4) is 0 Å². The Balaban J connectivity index is 1.83. The number of carbonyl (C=O) groups excluding carboxylic acids is 1. The van der Waals surface area contributed by atoms with Crippen molar-refractivity contribution in [2.24, 2.45) is 5.41 Å². The smallest absolute Gasteiger partial charge is 0.223 e. The average molecular weight is 294 g/mol. The van der Waals surface area contributed by atoms with Crippen LogP contribution in [0.4, 0.5) is 0 Å². The molecule has 1 saturated heterocycles. The Morgan fingerprint density at radius 3 is 2.91 bits per heavy atom. The number of fused-ring (bicyclic) bond motifs is 3. The van der Waals surface area contributed by atoms with E-state index >= 15 is 0 Å². The highest BCUT2D eigenvalue weighted by molar-refractivity contribution is 5.87. The van der Waals surface area contributed by atoms with Gasteiger partial charge < -0.3 is 9.47 Å². The van der Waals surface area contributed by atoms with Gasteiger partial charge in [-0.05, 0) is 42.7 Å². The molecule has 2 aromatic rings. The molecule has 0 aliphatic carbocycles. The minimum Gasteiger partial charge on any atom is -0.342 e.